The predicted molar refractivity (Wildman–Crippen MR) is 75.2 cm³/mol. The van der Waals surface area contributed by atoms with Crippen LogP contribution in [0.15, 0.2) is 12.1 Å². The van der Waals surface area contributed by atoms with Gasteiger partial charge in [-0.2, -0.15) is 0 Å². The summed E-state index contributed by atoms with van der Waals surface area (Å²) in [6, 6.07) is 3.27. The van der Waals surface area contributed by atoms with E-state index < -0.39 is 4.92 Å². The Morgan fingerprint density at radius 3 is 2.79 bits per heavy atom. The van der Waals surface area contributed by atoms with E-state index in [-0.39, 0.29) is 10.7 Å². The Morgan fingerprint density at radius 2 is 2.05 bits per heavy atom. The maximum absolute atomic E-state index is 11.2. The molecule has 19 heavy (non-hydrogen) atoms. The molecule has 1 aromatic carbocycles. The molecule has 5 nitrogen and oxygen atoms in total. The van der Waals surface area contributed by atoms with Crippen molar-refractivity contribution in [2.24, 2.45) is 5.92 Å². The van der Waals surface area contributed by atoms with Crippen LogP contribution in [0.2, 0.25) is 10.0 Å². The maximum Gasteiger partial charge on any atom is 0.294 e. The first-order valence-corrected chi connectivity index (χ1v) is 6.94. The standard InChI is InChI=1S/C12H13Cl2N3O2/c13-8-3-10(11(17(18)19)4-9(8)14)16-2-1-7-5-15-6-12(7)16/h3-4,7,12,15H,1-2,5-6H2/t7-,12+/m0/s1. The zero-order valence-corrected chi connectivity index (χ0v) is 11.6. The largest absolute Gasteiger partial charge is 0.361 e. The number of hydrogen-bond acceptors (Lipinski definition) is 4. The van der Waals surface area contributed by atoms with Gasteiger partial charge in [0.1, 0.15) is 5.69 Å². The van der Waals surface area contributed by atoms with Gasteiger partial charge in [0.25, 0.3) is 5.69 Å². The van der Waals surface area contributed by atoms with Gasteiger partial charge in [-0.05, 0) is 18.4 Å². The fourth-order valence-corrected chi connectivity index (χ4v) is 3.37. The Hall–Kier alpha value is -1.04. The van der Waals surface area contributed by atoms with E-state index >= 15 is 0 Å². The number of nitro groups is 1. The smallest absolute Gasteiger partial charge is 0.294 e. The van der Waals surface area contributed by atoms with Crippen LogP contribution in [0.1, 0.15) is 6.42 Å². The summed E-state index contributed by atoms with van der Waals surface area (Å²) in [4.78, 5) is 12.9. The van der Waals surface area contributed by atoms with Crippen LogP contribution in [0, 0.1) is 16.0 Å². The highest BCUT2D eigenvalue weighted by atomic mass is 35.5. The molecule has 0 unspecified atom stereocenters. The van der Waals surface area contributed by atoms with Crippen LogP contribution in [0.3, 0.4) is 0 Å². The van der Waals surface area contributed by atoms with Gasteiger partial charge >= 0.3 is 0 Å². The van der Waals surface area contributed by atoms with Crippen LogP contribution in [0.25, 0.3) is 0 Å². The lowest BCUT2D eigenvalue weighted by atomic mass is 10.0. The van der Waals surface area contributed by atoms with Gasteiger partial charge in [0.2, 0.25) is 0 Å². The van der Waals surface area contributed by atoms with Crippen LogP contribution in [-0.2, 0) is 0 Å². The van der Waals surface area contributed by atoms with Gasteiger partial charge in [0.05, 0.1) is 15.0 Å². The molecule has 3 rings (SSSR count). The third kappa shape index (κ3) is 2.16. The molecule has 0 bridgehead atoms. The summed E-state index contributed by atoms with van der Waals surface area (Å²) in [5, 5.41) is 15.1. The third-order valence-electron chi connectivity index (χ3n) is 3.97. The Kier molecular flexibility index (Phi) is 3.28. The summed E-state index contributed by atoms with van der Waals surface area (Å²) in [6.07, 6.45) is 1.05. The van der Waals surface area contributed by atoms with Crippen LogP contribution in [-0.4, -0.2) is 30.6 Å². The fraction of sp³-hybridized carbons (Fsp3) is 0.500. The average molecular weight is 302 g/mol. The molecule has 2 saturated heterocycles. The molecule has 2 fully saturated rings. The second-order valence-electron chi connectivity index (χ2n) is 4.98. The first-order valence-electron chi connectivity index (χ1n) is 6.18. The number of nitrogens with one attached hydrogen (secondary N) is 1. The molecule has 1 N–H and O–H groups in total. The highest BCUT2D eigenvalue weighted by Gasteiger charge is 2.39. The lowest BCUT2D eigenvalue weighted by molar-refractivity contribution is -0.384. The van der Waals surface area contributed by atoms with Gasteiger partial charge in [0, 0.05) is 31.7 Å². The lowest BCUT2D eigenvalue weighted by Crippen LogP contribution is -2.34. The second kappa shape index (κ2) is 4.81. The topological polar surface area (TPSA) is 58.4 Å². The quantitative estimate of drug-likeness (QED) is 0.674. The van der Waals surface area contributed by atoms with E-state index in [0.29, 0.717) is 22.7 Å². The fourth-order valence-electron chi connectivity index (χ4n) is 3.05. The van der Waals surface area contributed by atoms with E-state index in [9.17, 15) is 10.1 Å². The van der Waals surface area contributed by atoms with Gasteiger partial charge in [-0.15, -0.1) is 0 Å². The highest BCUT2D eigenvalue weighted by Crippen LogP contribution is 2.41. The third-order valence-corrected chi connectivity index (χ3v) is 4.69. The van der Waals surface area contributed by atoms with Gasteiger partial charge in [-0.25, -0.2) is 0 Å². The van der Waals surface area contributed by atoms with Crippen molar-refractivity contribution in [2.75, 3.05) is 24.5 Å². The number of anilines is 1. The van der Waals surface area contributed by atoms with Crippen LogP contribution >= 0.6 is 23.2 Å². The van der Waals surface area contributed by atoms with Crippen molar-refractivity contribution >= 4 is 34.6 Å². The number of halogens is 2. The van der Waals surface area contributed by atoms with Gasteiger partial charge < -0.3 is 10.2 Å². The van der Waals surface area contributed by atoms with E-state index in [2.05, 4.69) is 10.2 Å². The minimum Gasteiger partial charge on any atom is -0.361 e. The zero-order chi connectivity index (χ0) is 13.6. The summed E-state index contributed by atoms with van der Waals surface area (Å²) in [5.74, 6) is 0.564. The second-order valence-corrected chi connectivity index (χ2v) is 5.79. The van der Waals surface area contributed by atoms with E-state index in [1.165, 1.54) is 6.07 Å². The highest BCUT2D eigenvalue weighted by molar-refractivity contribution is 6.42. The molecule has 7 heteroatoms. The van der Waals surface area contributed by atoms with E-state index in [4.69, 9.17) is 23.2 Å². The maximum atomic E-state index is 11.2. The molecule has 0 amide bonds. The lowest BCUT2D eigenvalue weighted by Gasteiger charge is -2.25. The molecule has 0 spiro atoms. The van der Waals surface area contributed by atoms with Crippen LogP contribution < -0.4 is 10.2 Å². The zero-order valence-electron chi connectivity index (χ0n) is 10.1. The molecule has 2 aliphatic heterocycles. The Labute approximate surface area is 120 Å². The molecule has 2 atom stereocenters. The SMILES string of the molecule is O=[N+]([O-])c1cc(Cl)c(Cl)cc1N1CC[C@H]2CNC[C@H]21. The van der Waals surface area contributed by atoms with Crippen LogP contribution in [0.4, 0.5) is 11.4 Å². The molecular formula is C12H13Cl2N3O2. The Balaban J connectivity index is 2.04. The molecule has 0 radical (unpaired) electrons. The predicted octanol–water partition coefficient (Wildman–Crippen LogP) is 2.70. The van der Waals surface area contributed by atoms with Crippen molar-refractivity contribution in [3.63, 3.8) is 0 Å². The van der Waals surface area contributed by atoms with Crippen molar-refractivity contribution in [3.05, 3.63) is 32.3 Å². The number of fused-ring (bicyclic) bond motifs is 1. The molecular weight excluding hydrogens is 289 g/mol. The van der Waals surface area contributed by atoms with Crippen molar-refractivity contribution in [2.45, 2.75) is 12.5 Å². The molecule has 0 aromatic heterocycles. The number of benzene rings is 1. The minimum atomic E-state index is -0.396. The molecule has 2 aliphatic rings. The summed E-state index contributed by atoms with van der Waals surface area (Å²) in [5.41, 5.74) is 0.609. The van der Waals surface area contributed by atoms with Crippen molar-refractivity contribution in [1.82, 2.24) is 5.32 Å². The summed E-state index contributed by atoms with van der Waals surface area (Å²) >= 11 is 11.9. The minimum absolute atomic E-state index is 0.0296. The normalized spacial score (nSPS) is 25.7. The Morgan fingerprint density at radius 1 is 1.32 bits per heavy atom. The van der Waals surface area contributed by atoms with Crippen LogP contribution in [0.5, 0.6) is 0 Å². The Bertz CT molecular complexity index is 538. The van der Waals surface area contributed by atoms with Crippen molar-refractivity contribution in [1.29, 1.82) is 0 Å². The first-order chi connectivity index (χ1) is 9.08. The summed E-state index contributed by atoms with van der Waals surface area (Å²) < 4.78 is 0. The molecule has 0 saturated carbocycles. The molecule has 102 valence electrons. The van der Waals surface area contributed by atoms with E-state index in [0.717, 1.165) is 26.1 Å². The monoisotopic (exact) mass is 301 g/mol. The summed E-state index contributed by atoms with van der Waals surface area (Å²) in [6.45, 7) is 2.67. The van der Waals surface area contributed by atoms with Crippen molar-refractivity contribution in [3.8, 4) is 0 Å². The average Bonchev–Trinajstić information content (AvgIpc) is 2.94. The first kappa shape index (κ1) is 13.0. The van der Waals surface area contributed by atoms with E-state index in [1.54, 1.807) is 6.07 Å². The van der Waals surface area contributed by atoms with Gasteiger partial charge in [-0.1, -0.05) is 23.2 Å². The molecule has 1 aromatic rings. The van der Waals surface area contributed by atoms with Gasteiger partial charge in [0.15, 0.2) is 0 Å². The number of rotatable bonds is 2. The van der Waals surface area contributed by atoms with Gasteiger partial charge in [-0.3, -0.25) is 10.1 Å². The number of hydrogen-bond donors (Lipinski definition) is 1. The van der Waals surface area contributed by atoms with Crippen molar-refractivity contribution < 1.29 is 4.92 Å². The molecule has 2 heterocycles. The van der Waals surface area contributed by atoms with E-state index in [1.807, 2.05) is 0 Å². The summed E-state index contributed by atoms with van der Waals surface area (Å²) in [7, 11) is 0. The molecule has 0 aliphatic carbocycles. The number of nitrogens with zero attached hydrogens (tertiary/aromatic N) is 2. The number of nitro benzene ring substituents is 1.